The summed E-state index contributed by atoms with van der Waals surface area (Å²) in [5.74, 6) is -1.18. The lowest BCUT2D eigenvalue weighted by atomic mass is 10.0. The second kappa shape index (κ2) is 8.19. The van der Waals surface area contributed by atoms with Crippen LogP contribution in [0.1, 0.15) is 39.6 Å². The van der Waals surface area contributed by atoms with Crippen molar-refractivity contribution in [3.63, 3.8) is 0 Å². The molecule has 2 rings (SSSR count). The van der Waals surface area contributed by atoms with Crippen LogP contribution in [0.2, 0.25) is 0 Å². The van der Waals surface area contributed by atoms with E-state index in [1.165, 1.54) is 19.2 Å². The number of para-hydroxylation sites is 1. The summed E-state index contributed by atoms with van der Waals surface area (Å²) in [4.78, 5) is 24.1. The lowest BCUT2D eigenvalue weighted by Crippen LogP contribution is -2.14. The Balaban J connectivity index is 2.19. The zero-order chi connectivity index (χ0) is 18.4. The second-order valence-electron chi connectivity index (χ2n) is 5.45. The van der Waals surface area contributed by atoms with Crippen LogP contribution in [0.15, 0.2) is 36.4 Å². The van der Waals surface area contributed by atoms with Gasteiger partial charge in [0.05, 0.1) is 12.7 Å². The van der Waals surface area contributed by atoms with Crippen LogP contribution >= 0.6 is 0 Å². The number of hydrogen-bond acceptors (Lipinski definition) is 6. The maximum absolute atomic E-state index is 12.4. The van der Waals surface area contributed by atoms with Gasteiger partial charge < -0.3 is 19.7 Å². The number of hydrogen-bond donors (Lipinski definition) is 2. The number of ether oxygens (including phenoxy) is 2. The van der Waals surface area contributed by atoms with Crippen LogP contribution in [0.5, 0.6) is 17.2 Å². The van der Waals surface area contributed by atoms with Crippen LogP contribution in [-0.4, -0.2) is 35.7 Å². The van der Waals surface area contributed by atoms with Gasteiger partial charge in [-0.3, -0.25) is 4.79 Å². The van der Waals surface area contributed by atoms with Gasteiger partial charge in [-0.05, 0) is 30.2 Å². The molecule has 132 valence electrons. The molecule has 0 amide bonds. The smallest absolute Gasteiger partial charge is 0.341 e. The molecule has 6 nitrogen and oxygen atoms in total. The number of carbonyl (C=O) groups is 2. The first kappa shape index (κ1) is 18.3. The van der Waals surface area contributed by atoms with Crippen molar-refractivity contribution in [3.8, 4) is 17.2 Å². The zero-order valence-corrected chi connectivity index (χ0v) is 14.1. The molecule has 0 unspecified atom stereocenters. The number of phenolic OH excluding ortho intramolecular Hbond substituents is 2. The van der Waals surface area contributed by atoms with Crippen LogP contribution in [0, 0.1) is 0 Å². The molecule has 0 aromatic heterocycles. The van der Waals surface area contributed by atoms with Gasteiger partial charge in [-0.25, -0.2) is 4.79 Å². The predicted octanol–water partition coefficient (Wildman–Crippen LogP) is 3.10. The Kier molecular flexibility index (Phi) is 6.00. The van der Waals surface area contributed by atoms with E-state index in [0.717, 1.165) is 12.5 Å². The Morgan fingerprint density at radius 2 is 1.76 bits per heavy atom. The fourth-order valence-electron chi connectivity index (χ4n) is 2.41. The minimum atomic E-state index is -0.569. The van der Waals surface area contributed by atoms with Gasteiger partial charge in [-0.1, -0.05) is 25.5 Å². The molecule has 0 heterocycles. The van der Waals surface area contributed by atoms with Crippen molar-refractivity contribution < 1.29 is 29.3 Å². The first-order valence-electron chi connectivity index (χ1n) is 7.86. The Bertz CT molecular complexity index is 781. The molecule has 0 spiro atoms. The summed E-state index contributed by atoms with van der Waals surface area (Å²) in [5, 5.41) is 19.7. The topological polar surface area (TPSA) is 93.1 Å². The predicted molar refractivity (Wildman–Crippen MR) is 91.4 cm³/mol. The zero-order valence-electron chi connectivity index (χ0n) is 14.1. The maximum Gasteiger partial charge on any atom is 0.341 e. The van der Waals surface area contributed by atoms with Crippen LogP contribution in [0.4, 0.5) is 0 Å². The summed E-state index contributed by atoms with van der Waals surface area (Å²) < 4.78 is 10.1. The number of methoxy groups -OCH3 is 1. The monoisotopic (exact) mass is 344 g/mol. The van der Waals surface area contributed by atoms with Crippen molar-refractivity contribution in [2.75, 3.05) is 13.7 Å². The van der Waals surface area contributed by atoms with Gasteiger partial charge in [0, 0.05) is 6.07 Å². The van der Waals surface area contributed by atoms with Crippen LogP contribution in [0.25, 0.3) is 0 Å². The highest BCUT2D eigenvalue weighted by molar-refractivity contribution is 6.00. The van der Waals surface area contributed by atoms with Gasteiger partial charge in [-0.2, -0.15) is 0 Å². The number of ketones is 1. The number of phenols is 2. The van der Waals surface area contributed by atoms with Gasteiger partial charge in [0.1, 0.15) is 22.8 Å². The molecular formula is C19H20O6. The third-order valence-electron chi connectivity index (χ3n) is 3.67. The number of rotatable bonds is 7. The lowest BCUT2D eigenvalue weighted by molar-refractivity contribution is 0.0594. The summed E-state index contributed by atoms with van der Waals surface area (Å²) in [5.41, 5.74) is 0.856. The normalized spacial score (nSPS) is 10.3. The molecule has 2 aromatic carbocycles. The minimum absolute atomic E-state index is 0.0483. The quantitative estimate of drug-likeness (QED) is 0.592. The minimum Gasteiger partial charge on any atom is -0.508 e. The molecule has 0 aliphatic carbocycles. The molecule has 0 aliphatic heterocycles. The number of Topliss-reactive ketones (excluding diaryl/α,β-unsaturated/α-hetero) is 1. The molecule has 0 saturated carbocycles. The Morgan fingerprint density at radius 3 is 2.44 bits per heavy atom. The Hall–Kier alpha value is -3.02. The highest BCUT2D eigenvalue weighted by atomic mass is 16.5. The third kappa shape index (κ3) is 4.29. The van der Waals surface area contributed by atoms with E-state index >= 15 is 0 Å². The average Bonchev–Trinajstić information content (AvgIpc) is 2.61. The first-order chi connectivity index (χ1) is 12.0. The highest BCUT2D eigenvalue weighted by Gasteiger charge is 2.18. The van der Waals surface area contributed by atoms with E-state index in [-0.39, 0.29) is 35.0 Å². The van der Waals surface area contributed by atoms with Gasteiger partial charge in [0.25, 0.3) is 0 Å². The van der Waals surface area contributed by atoms with Crippen molar-refractivity contribution in [2.45, 2.75) is 19.8 Å². The molecule has 0 radical (unpaired) electrons. The van der Waals surface area contributed by atoms with Crippen LogP contribution in [-0.2, 0) is 11.2 Å². The number of aryl methyl sites for hydroxylation is 1. The van der Waals surface area contributed by atoms with E-state index in [1.807, 2.05) is 6.92 Å². The lowest BCUT2D eigenvalue weighted by Gasteiger charge is -2.11. The number of benzene rings is 2. The maximum atomic E-state index is 12.4. The van der Waals surface area contributed by atoms with Crippen molar-refractivity contribution in [3.05, 3.63) is 53.1 Å². The van der Waals surface area contributed by atoms with E-state index in [0.29, 0.717) is 12.0 Å². The van der Waals surface area contributed by atoms with Gasteiger partial charge in [0.15, 0.2) is 6.61 Å². The van der Waals surface area contributed by atoms with Crippen LogP contribution < -0.4 is 4.74 Å². The molecule has 25 heavy (non-hydrogen) atoms. The number of esters is 1. The highest BCUT2D eigenvalue weighted by Crippen LogP contribution is 2.29. The molecule has 6 heteroatoms. The molecule has 0 fully saturated rings. The standard InChI is InChI=1S/C19H20O6/c1-3-6-12-9-14(16(21)10-15(12)20)17(22)11-25-18-8-5-4-7-13(18)19(23)24-2/h4-5,7-10,20-21H,3,6,11H2,1-2H3. The molecule has 0 atom stereocenters. The van der Waals surface area contributed by atoms with E-state index in [1.54, 1.807) is 18.2 Å². The second-order valence-corrected chi connectivity index (χ2v) is 5.45. The van der Waals surface area contributed by atoms with E-state index < -0.39 is 11.8 Å². The van der Waals surface area contributed by atoms with Crippen molar-refractivity contribution in [1.29, 1.82) is 0 Å². The molecular weight excluding hydrogens is 324 g/mol. The number of carbonyl (C=O) groups excluding carboxylic acids is 2. The van der Waals surface area contributed by atoms with Crippen molar-refractivity contribution in [1.82, 2.24) is 0 Å². The van der Waals surface area contributed by atoms with Gasteiger partial charge >= 0.3 is 5.97 Å². The van der Waals surface area contributed by atoms with E-state index in [4.69, 9.17) is 4.74 Å². The molecule has 2 N–H and O–H groups in total. The third-order valence-corrected chi connectivity index (χ3v) is 3.67. The van der Waals surface area contributed by atoms with E-state index in [2.05, 4.69) is 4.74 Å². The Morgan fingerprint density at radius 1 is 1.04 bits per heavy atom. The largest absolute Gasteiger partial charge is 0.508 e. The fourth-order valence-corrected chi connectivity index (χ4v) is 2.41. The van der Waals surface area contributed by atoms with Crippen molar-refractivity contribution >= 4 is 11.8 Å². The SMILES string of the molecule is CCCc1cc(C(=O)COc2ccccc2C(=O)OC)c(O)cc1O. The van der Waals surface area contributed by atoms with E-state index in [9.17, 15) is 19.8 Å². The first-order valence-corrected chi connectivity index (χ1v) is 7.86. The molecule has 0 bridgehead atoms. The van der Waals surface area contributed by atoms with Gasteiger partial charge in [-0.15, -0.1) is 0 Å². The summed E-state index contributed by atoms with van der Waals surface area (Å²) in [6.07, 6.45) is 1.37. The fraction of sp³-hybridized carbons (Fsp3) is 0.263. The Labute approximate surface area is 145 Å². The molecule has 0 saturated heterocycles. The van der Waals surface area contributed by atoms with Gasteiger partial charge in [0.2, 0.25) is 5.78 Å². The summed E-state index contributed by atoms with van der Waals surface area (Å²) in [6.45, 7) is 1.58. The average molecular weight is 344 g/mol. The van der Waals surface area contributed by atoms with Crippen molar-refractivity contribution in [2.24, 2.45) is 0 Å². The molecule has 2 aromatic rings. The summed E-state index contributed by atoms with van der Waals surface area (Å²) in [6, 6.07) is 9.03. The molecule has 0 aliphatic rings. The summed E-state index contributed by atoms with van der Waals surface area (Å²) >= 11 is 0. The van der Waals surface area contributed by atoms with Crippen LogP contribution in [0.3, 0.4) is 0 Å². The number of aromatic hydroxyl groups is 2. The summed E-state index contributed by atoms with van der Waals surface area (Å²) in [7, 11) is 1.26.